The molecule has 0 radical (unpaired) electrons. The van der Waals surface area contributed by atoms with Crippen LogP contribution in [0, 0.1) is 6.92 Å². The summed E-state index contributed by atoms with van der Waals surface area (Å²) in [5.41, 5.74) is 4.62. The number of aryl methyl sites for hydroxylation is 1. The van der Waals surface area contributed by atoms with Crippen molar-refractivity contribution in [1.82, 2.24) is 14.3 Å². The zero-order valence-electron chi connectivity index (χ0n) is 27.1. The van der Waals surface area contributed by atoms with Crippen molar-refractivity contribution in [3.63, 3.8) is 0 Å². The van der Waals surface area contributed by atoms with Crippen LogP contribution >= 0.6 is 23.2 Å². The normalized spacial score (nSPS) is 18.4. The molecule has 1 amide bonds. The molecule has 50 heavy (non-hydrogen) atoms. The number of carbonyl (C=O) groups excluding carboxylic acids is 1. The monoisotopic (exact) mass is 734 g/mol. The molecule has 1 aliphatic heterocycles. The number of halogens is 2. The zero-order valence-corrected chi connectivity index (χ0v) is 29.4. The summed E-state index contributed by atoms with van der Waals surface area (Å²) < 4.78 is 43.7. The zero-order chi connectivity index (χ0) is 35.3. The minimum absolute atomic E-state index is 0.0609. The molecule has 1 aromatic heterocycles. The maximum Gasteiger partial charge on any atom is 0.242 e. The Bertz CT molecular complexity index is 2010. The number of ether oxygens (including phenoxy) is 2. The molecule has 6 rings (SSSR count). The van der Waals surface area contributed by atoms with E-state index in [1.165, 1.54) is 12.1 Å². The molecule has 0 spiro atoms. The molecule has 13 heteroatoms. The number of amides is 1. The Morgan fingerprint density at radius 3 is 2.24 bits per heavy atom. The number of benzene rings is 4. The van der Waals surface area contributed by atoms with E-state index in [-0.39, 0.29) is 35.3 Å². The molecule has 260 valence electrons. The fourth-order valence-electron chi connectivity index (χ4n) is 5.69. The number of nitrogens with one attached hydrogen (secondary N) is 2. The molecule has 4 aromatic carbocycles. The van der Waals surface area contributed by atoms with Crippen LogP contribution in [-0.4, -0.2) is 41.1 Å². The van der Waals surface area contributed by atoms with Gasteiger partial charge < -0.3 is 24.5 Å². The largest absolute Gasteiger partial charge is 0.392 e. The Kier molecular flexibility index (Phi) is 11.3. The number of imidazole rings is 1. The van der Waals surface area contributed by atoms with Crippen LogP contribution < -0.4 is 10.0 Å². The van der Waals surface area contributed by atoms with Gasteiger partial charge in [0.2, 0.25) is 15.9 Å². The Labute approximate surface area is 301 Å². The lowest BCUT2D eigenvalue weighted by Crippen LogP contribution is -2.45. The van der Waals surface area contributed by atoms with E-state index in [2.05, 4.69) is 15.0 Å². The maximum atomic E-state index is 13.6. The first-order valence-corrected chi connectivity index (χ1v) is 18.2. The predicted octanol–water partition coefficient (Wildman–Crippen LogP) is 6.76. The van der Waals surface area contributed by atoms with Crippen LogP contribution in [0.4, 0.5) is 5.69 Å². The number of aliphatic hydroxyl groups is 1. The molecule has 3 N–H and O–H groups in total. The third-order valence-corrected chi connectivity index (χ3v) is 10.7. The van der Waals surface area contributed by atoms with Crippen LogP contribution in [0.5, 0.6) is 0 Å². The number of nitrogens with zero attached hydrogens (tertiary/aromatic N) is 2. The smallest absolute Gasteiger partial charge is 0.242 e. The molecule has 2 heterocycles. The first kappa shape index (κ1) is 35.7. The number of aliphatic hydroxyl groups excluding tert-OH is 1. The molecule has 4 atom stereocenters. The lowest BCUT2D eigenvalue weighted by molar-refractivity contribution is -0.252. The van der Waals surface area contributed by atoms with Gasteiger partial charge in [0, 0.05) is 17.7 Å². The van der Waals surface area contributed by atoms with Crippen molar-refractivity contribution in [3.8, 4) is 0 Å². The summed E-state index contributed by atoms with van der Waals surface area (Å²) in [5.74, 6) is -0.509. The van der Waals surface area contributed by atoms with E-state index in [0.717, 1.165) is 22.3 Å². The summed E-state index contributed by atoms with van der Waals surface area (Å²) in [6.45, 7) is 2.20. The van der Waals surface area contributed by atoms with Crippen molar-refractivity contribution < 1.29 is 27.8 Å². The van der Waals surface area contributed by atoms with E-state index in [9.17, 15) is 18.3 Å². The molecular weight excluding hydrogens is 699 g/mol. The number of rotatable bonds is 12. The molecule has 0 bridgehead atoms. The van der Waals surface area contributed by atoms with E-state index in [4.69, 9.17) is 32.7 Å². The first-order chi connectivity index (χ1) is 24.1. The van der Waals surface area contributed by atoms with Crippen LogP contribution in [0.25, 0.3) is 0 Å². The second kappa shape index (κ2) is 15.9. The van der Waals surface area contributed by atoms with Gasteiger partial charge in [0.1, 0.15) is 11.2 Å². The van der Waals surface area contributed by atoms with Gasteiger partial charge >= 0.3 is 0 Å². The highest BCUT2D eigenvalue weighted by Gasteiger charge is 2.33. The number of hydrogen-bond acceptors (Lipinski definition) is 7. The summed E-state index contributed by atoms with van der Waals surface area (Å²) in [5, 5.41) is 12.9. The summed E-state index contributed by atoms with van der Waals surface area (Å²) in [4.78, 5) is 17.8. The molecule has 1 saturated heterocycles. The Morgan fingerprint density at radius 1 is 0.920 bits per heavy atom. The molecule has 0 aliphatic carbocycles. The average molecular weight is 736 g/mol. The summed E-state index contributed by atoms with van der Waals surface area (Å²) in [6.07, 6.45) is 0.825. The molecule has 0 unspecified atom stereocenters. The number of sulfonamides is 1. The molecule has 0 saturated carbocycles. The minimum Gasteiger partial charge on any atom is -0.392 e. The van der Waals surface area contributed by atoms with Gasteiger partial charge in [-0.15, -0.1) is 0 Å². The van der Waals surface area contributed by atoms with Gasteiger partial charge in [0.05, 0.1) is 36.6 Å². The second-order valence-corrected chi connectivity index (χ2v) is 14.5. The SMILES string of the molecule is Cc1ccc(S(=O)(=O)N[C@H](Cc2ccccc2)C(=O)Nc2ccc([C@H]3O[C@@H](Cn4cnc(Cl)c4Cl)C[C@@H](c4ccc(CO)cc4)O3)cc2)cc1. The molecular formula is C37H36Cl2N4O6S. The lowest BCUT2D eigenvalue weighted by atomic mass is 10.00. The fourth-order valence-corrected chi connectivity index (χ4v) is 7.19. The van der Waals surface area contributed by atoms with Crippen molar-refractivity contribution in [2.75, 3.05) is 5.32 Å². The Balaban J connectivity index is 1.20. The highest BCUT2D eigenvalue weighted by atomic mass is 35.5. The van der Waals surface area contributed by atoms with Gasteiger partial charge in [-0.25, -0.2) is 13.4 Å². The standard InChI is InChI=1S/C37H36Cl2N4O6S/c1-24-7-17-31(18-8-24)50(46,47)42-32(19-25-5-3-2-4-6-25)36(45)41-29-15-13-28(14-16-29)37-48-30(21-43-23-40-34(38)35(43)39)20-33(49-37)27-11-9-26(22-44)10-12-27/h2-18,23,30,32-33,37,42,44H,19-22H2,1H3,(H,41,45)/t30-,32-,33+,37+/m1/s1. The Morgan fingerprint density at radius 2 is 1.60 bits per heavy atom. The quantitative estimate of drug-likeness (QED) is 0.129. The molecule has 1 aliphatic rings. The van der Waals surface area contributed by atoms with Gasteiger partial charge in [-0.1, -0.05) is 108 Å². The summed E-state index contributed by atoms with van der Waals surface area (Å²) in [7, 11) is -3.99. The average Bonchev–Trinajstić information content (AvgIpc) is 3.44. The molecule has 1 fully saturated rings. The molecule has 10 nitrogen and oxygen atoms in total. The first-order valence-electron chi connectivity index (χ1n) is 16.0. The third kappa shape index (κ3) is 8.80. The van der Waals surface area contributed by atoms with Crippen molar-refractivity contribution >= 4 is 44.8 Å². The second-order valence-electron chi connectivity index (χ2n) is 12.1. The lowest BCUT2D eigenvalue weighted by Gasteiger charge is -2.36. The van der Waals surface area contributed by atoms with Crippen LogP contribution in [0.15, 0.2) is 114 Å². The third-order valence-electron chi connectivity index (χ3n) is 8.43. The van der Waals surface area contributed by atoms with Gasteiger partial charge in [-0.2, -0.15) is 4.72 Å². The van der Waals surface area contributed by atoms with Crippen molar-refractivity contribution in [1.29, 1.82) is 0 Å². The number of anilines is 1. The van der Waals surface area contributed by atoms with Crippen LogP contribution in [-0.2, 0) is 43.9 Å². The number of hydrogen-bond donors (Lipinski definition) is 3. The molecule has 5 aromatic rings. The van der Waals surface area contributed by atoms with Crippen LogP contribution in [0.2, 0.25) is 10.3 Å². The fraction of sp³-hybridized carbons (Fsp3) is 0.243. The van der Waals surface area contributed by atoms with E-state index in [1.54, 1.807) is 47.3 Å². The van der Waals surface area contributed by atoms with E-state index in [0.29, 0.717) is 29.4 Å². The summed E-state index contributed by atoms with van der Waals surface area (Å²) >= 11 is 12.4. The van der Waals surface area contributed by atoms with E-state index >= 15 is 0 Å². The topological polar surface area (TPSA) is 132 Å². The van der Waals surface area contributed by atoms with E-state index < -0.39 is 28.3 Å². The van der Waals surface area contributed by atoms with Crippen molar-refractivity contribution in [2.24, 2.45) is 0 Å². The number of carbonyl (C=O) groups is 1. The van der Waals surface area contributed by atoms with Gasteiger partial charge in [-0.3, -0.25) is 4.79 Å². The predicted molar refractivity (Wildman–Crippen MR) is 191 cm³/mol. The van der Waals surface area contributed by atoms with Crippen LogP contribution in [0.1, 0.15) is 46.6 Å². The minimum atomic E-state index is -3.99. The van der Waals surface area contributed by atoms with Gasteiger partial charge in [0.15, 0.2) is 11.4 Å². The van der Waals surface area contributed by atoms with Crippen molar-refractivity contribution in [2.45, 2.75) is 62.4 Å². The maximum absolute atomic E-state index is 13.6. The van der Waals surface area contributed by atoms with Gasteiger partial charge in [-0.05, 0) is 54.3 Å². The van der Waals surface area contributed by atoms with E-state index in [1.807, 2.05) is 61.5 Å². The summed E-state index contributed by atoms with van der Waals surface area (Å²) in [6, 6.07) is 29.2. The van der Waals surface area contributed by atoms with Gasteiger partial charge in [0.25, 0.3) is 0 Å². The number of aromatic nitrogens is 2. The highest BCUT2D eigenvalue weighted by Crippen LogP contribution is 2.39. The van der Waals surface area contributed by atoms with Crippen molar-refractivity contribution in [3.05, 3.63) is 148 Å². The highest BCUT2D eigenvalue weighted by molar-refractivity contribution is 7.89. The van der Waals surface area contributed by atoms with Crippen LogP contribution in [0.3, 0.4) is 0 Å². The Hall–Kier alpha value is -4.07.